The Hall–Kier alpha value is -0.660. The van der Waals surface area contributed by atoms with Crippen molar-refractivity contribution in [1.82, 2.24) is 0 Å². The standard InChI is InChI=1S/C12H13BrN2S/c13-8-10-1-2-12(11(7-10)9-14)15-3-5-16-6-4-15/h1-2,7H,3-6,8H2. The summed E-state index contributed by atoms with van der Waals surface area (Å²) in [6, 6.07) is 8.44. The van der Waals surface area contributed by atoms with Crippen molar-refractivity contribution in [2.75, 3.05) is 29.5 Å². The van der Waals surface area contributed by atoms with Gasteiger partial charge in [-0.15, -0.1) is 0 Å². The smallest absolute Gasteiger partial charge is 0.101 e. The van der Waals surface area contributed by atoms with Crippen LogP contribution in [0, 0.1) is 11.3 Å². The van der Waals surface area contributed by atoms with E-state index in [1.807, 2.05) is 17.8 Å². The van der Waals surface area contributed by atoms with Crippen LogP contribution in [0.4, 0.5) is 5.69 Å². The van der Waals surface area contributed by atoms with Crippen molar-refractivity contribution in [3.05, 3.63) is 29.3 Å². The first-order chi connectivity index (χ1) is 7.85. The van der Waals surface area contributed by atoms with Gasteiger partial charge in [0.1, 0.15) is 6.07 Å². The van der Waals surface area contributed by atoms with Crippen molar-refractivity contribution in [1.29, 1.82) is 5.26 Å². The fourth-order valence-corrected chi connectivity index (χ4v) is 3.09. The Bertz CT molecular complexity index is 408. The van der Waals surface area contributed by atoms with Crippen LogP contribution in [0.1, 0.15) is 11.1 Å². The monoisotopic (exact) mass is 296 g/mol. The molecule has 0 spiro atoms. The molecule has 0 amide bonds. The zero-order valence-electron chi connectivity index (χ0n) is 8.95. The average Bonchev–Trinajstić information content (AvgIpc) is 2.39. The lowest BCUT2D eigenvalue weighted by atomic mass is 10.1. The van der Waals surface area contributed by atoms with Gasteiger partial charge < -0.3 is 4.90 Å². The normalized spacial score (nSPS) is 15.9. The van der Waals surface area contributed by atoms with Gasteiger partial charge in [0.25, 0.3) is 0 Å². The van der Waals surface area contributed by atoms with Crippen molar-refractivity contribution in [2.45, 2.75) is 5.33 Å². The highest BCUT2D eigenvalue weighted by atomic mass is 79.9. The molecule has 0 bridgehead atoms. The zero-order chi connectivity index (χ0) is 11.4. The SMILES string of the molecule is N#Cc1cc(CBr)ccc1N1CCSCC1. The van der Waals surface area contributed by atoms with Crippen LogP contribution in [-0.2, 0) is 5.33 Å². The van der Waals surface area contributed by atoms with Gasteiger partial charge in [-0.1, -0.05) is 22.0 Å². The number of nitriles is 1. The molecule has 1 aromatic carbocycles. The second kappa shape index (κ2) is 5.60. The molecule has 0 aromatic heterocycles. The number of nitrogens with zero attached hydrogens (tertiary/aromatic N) is 2. The Labute approximate surface area is 109 Å². The second-order valence-corrected chi connectivity index (χ2v) is 5.48. The van der Waals surface area contributed by atoms with Crippen molar-refractivity contribution >= 4 is 33.4 Å². The van der Waals surface area contributed by atoms with Crippen LogP contribution in [0.5, 0.6) is 0 Å². The second-order valence-electron chi connectivity index (χ2n) is 3.70. The molecule has 0 aliphatic carbocycles. The molecular formula is C12H13BrN2S. The predicted octanol–water partition coefficient (Wildman–Crippen LogP) is 3.01. The maximum Gasteiger partial charge on any atom is 0.101 e. The predicted molar refractivity (Wildman–Crippen MR) is 73.3 cm³/mol. The van der Waals surface area contributed by atoms with E-state index in [0.29, 0.717) is 0 Å². The molecule has 0 radical (unpaired) electrons. The molecule has 1 fully saturated rings. The highest BCUT2D eigenvalue weighted by Crippen LogP contribution is 2.25. The molecule has 84 valence electrons. The Morgan fingerprint density at radius 2 is 2.12 bits per heavy atom. The molecule has 1 heterocycles. The molecule has 0 unspecified atom stereocenters. The molecule has 4 heteroatoms. The van der Waals surface area contributed by atoms with Gasteiger partial charge in [-0.3, -0.25) is 0 Å². The third kappa shape index (κ3) is 2.53. The van der Waals surface area contributed by atoms with Crippen LogP contribution in [0.2, 0.25) is 0 Å². The molecular weight excluding hydrogens is 284 g/mol. The average molecular weight is 297 g/mol. The van der Waals surface area contributed by atoms with Crippen LogP contribution in [0.25, 0.3) is 0 Å². The molecule has 0 saturated carbocycles. The van der Waals surface area contributed by atoms with Crippen molar-refractivity contribution in [3.63, 3.8) is 0 Å². The first kappa shape index (κ1) is 11.8. The van der Waals surface area contributed by atoms with E-state index in [2.05, 4.69) is 39.0 Å². The third-order valence-corrected chi connectivity index (χ3v) is 4.28. The first-order valence-electron chi connectivity index (χ1n) is 5.27. The number of hydrogen-bond acceptors (Lipinski definition) is 3. The Morgan fingerprint density at radius 3 is 2.75 bits per heavy atom. The molecule has 0 atom stereocenters. The number of rotatable bonds is 2. The lowest BCUT2D eigenvalue weighted by molar-refractivity contribution is 0.857. The Balaban J connectivity index is 2.29. The molecule has 1 aliphatic heterocycles. The summed E-state index contributed by atoms with van der Waals surface area (Å²) < 4.78 is 0. The minimum absolute atomic E-state index is 0.795. The van der Waals surface area contributed by atoms with Gasteiger partial charge in [-0.25, -0.2) is 0 Å². The van der Waals surface area contributed by atoms with Crippen LogP contribution in [0.15, 0.2) is 18.2 Å². The van der Waals surface area contributed by atoms with Crippen molar-refractivity contribution in [2.24, 2.45) is 0 Å². The maximum atomic E-state index is 9.17. The van der Waals surface area contributed by atoms with Crippen LogP contribution in [-0.4, -0.2) is 24.6 Å². The topological polar surface area (TPSA) is 27.0 Å². The van der Waals surface area contributed by atoms with Crippen molar-refractivity contribution < 1.29 is 0 Å². The molecule has 2 nitrogen and oxygen atoms in total. The van der Waals surface area contributed by atoms with Gasteiger partial charge in [0.15, 0.2) is 0 Å². The van der Waals surface area contributed by atoms with E-state index >= 15 is 0 Å². The summed E-state index contributed by atoms with van der Waals surface area (Å²) in [5.41, 5.74) is 3.04. The van der Waals surface area contributed by atoms with E-state index in [-0.39, 0.29) is 0 Å². The lowest BCUT2D eigenvalue weighted by Gasteiger charge is -2.29. The van der Waals surface area contributed by atoms with Crippen LogP contribution >= 0.6 is 27.7 Å². The zero-order valence-corrected chi connectivity index (χ0v) is 11.4. The molecule has 16 heavy (non-hydrogen) atoms. The first-order valence-corrected chi connectivity index (χ1v) is 7.54. The van der Waals surface area contributed by atoms with E-state index < -0.39 is 0 Å². The summed E-state index contributed by atoms with van der Waals surface area (Å²) >= 11 is 5.40. The summed E-state index contributed by atoms with van der Waals surface area (Å²) in [6.45, 7) is 2.10. The van der Waals surface area contributed by atoms with Gasteiger partial charge >= 0.3 is 0 Å². The molecule has 0 N–H and O–H groups in total. The number of alkyl halides is 1. The summed E-state index contributed by atoms with van der Waals surface area (Å²) in [5.74, 6) is 2.32. The van der Waals surface area contributed by atoms with Gasteiger partial charge in [-0.05, 0) is 17.7 Å². The van der Waals surface area contributed by atoms with E-state index in [9.17, 15) is 5.26 Å². The number of thioether (sulfide) groups is 1. The fourth-order valence-electron chi connectivity index (χ4n) is 1.84. The fraction of sp³-hybridized carbons (Fsp3) is 0.417. The van der Waals surface area contributed by atoms with E-state index in [4.69, 9.17) is 0 Å². The lowest BCUT2D eigenvalue weighted by Crippen LogP contribution is -2.32. The highest BCUT2D eigenvalue weighted by Gasteiger charge is 2.14. The quantitative estimate of drug-likeness (QED) is 0.785. The molecule has 1 aromatic rings. The van der Waals surface area contributed by atoms with Crippen LogP contribution < -0.4 is 4.90 Å². The summed E-state index contributed by atoms with van der Waals surface area (Å²) in [4.78, 5) is 2.31. The number of halogens is 1. The number of hydrogen-bond donors (Lipinski definition) is 0. The number of anilines is 1. The summed E-state index contributed by atoms with van der Waals surface area (Å²) in [6.07, 6.45) is 0. The molecule has 1 aliphatic rings. The Morgan fingerprint density at radius 1 is 1.38 bits per heavy atom. The largest absolute Gasteiger partial charge is 0.369 e. The maximum absolute atomic E-state index is 9.17. The Kier molecular flexibility index (Phi) is 4.14. The third-order valence-electron chi connectivity index (χ3n) is 2.69. The van der Waals surface area contributed by atoms with Gasteiger partial charge in [-0.2, -0.15) is 17.0 Å². The van der Waals surface area contributed by atoms with Crippen molar-refractivity contribution in [3.8, 4) is 6.07 Å². The summed E-state index contributed by atoms with van der Waals surface area (Å²) in [5, 5.41) is 9.98. The molecule has 2 rings (SSSR count). The summed E-state index contributed by atoms with van der Waals surface area (Å²) in [7, 11) is 0. The number of benzene rings is 1. The minimum atomic E-state index is 0.795. The molecule has 1 saturated heterocycles. The highest BCUT2D eigenvalue weighted by molar-refractivity contribution is 9.08. The van der Waals surface area contributed by atoms with Gasteiger partial charge in [0.05, 0.1) is 11.3 Å². The van der Waals surface area contributed by atoms with E-state index in [0.717, 1.165) is 46.7 Å². The van der Waals surface area contributed by atoms with E-state index in [1.165, 1.54) is 0 Å². The van der Waals surface area contributed by atoms with Crippen LogP contribution in [0.3, 0.4) is 0 Å². The van der Waals surface area contributed by atoms with E-state index in [1.54, 1.807) is 0 Å². The van der Waals surface area contributed by atoms with Gasteiger partial charge in [0.2, 0.25) is 0 Å². The minimum Gasteiger partial charge on any atom is -0.369 e. The van der Waals surface area contributed by atoms with Gasteiger partial charge in [0, 0.05) is 29.9 Å².